The van der Waals surface area contributed by atoms with Crippen LogP contribution in [0.25, 0.3) is 11.0 Å². The van der Waals surface area contributed by atoms with E-state index in [2.05, 4.69) is 31.0 Å². The molecule has 0 fully saturated rings. The molecular weight excluding hydrogens is 362 g/mol. The monoisotopic (exact) mass is 379 g/mol. The van der Waals surface area contributed by atoms with Gasteiger partial charge in [-0.1, -0.05) is 0 Å². The van der Waals surface area contributed by atoms with Crippen LogP contribution in [0.5, 0.6) is 0 Å². The second kappa shape index (κ2) is 5.52. The molecule has 3 aromatic rings. The molecule has 0 unspecified atom stereocenters. The van der Waals surface area contributed by atoms with Crippen LogP contribution < -0.4 is 10.5 Å². The fraction of sp³-hybridized carbons (Fsp3) is 0.400. The number of H-pyrrole nitrogens is 1. The van der Waals surface area contributed by atoms with E-state index in [0.29, 0.717) is 28.2 Å². The minimum absolute atomic E-state index is 0.201. The lowest BCUT2D eigenvalue weighted by Crippen LogP contribution is -2.26. The molecular formula is C15H18BrN5O2. The van der Waals surface area contributed by atoms with Gasteiger partial charge in [0.1, 0.15) is 11.1 Å². The van der Waals surface area contributed by atoms with E-state index >= 15 is 0 Å². The summed E-state index contributed by atoms with van der Waals surface area (Å²) in [4.78, 5) is 21.5. The Morgan fingerprint density at radius 3 is 2.74 bits per heavy atom. The van der Waals surface area contributed by atoms with Crippen molar-refractivity contribution in [1.29, 1.82) is 0 Å². The van der Waals surface area contributed by atoms with Crippen molar-refractivity contribution < 1.29 is 4.42 Å². The Morgan fingerprint density at radius 2 is 2.13 bits per heavy atom. The largest absolute Gasteiger partial charge is 0.452 e. The van der Waals surface area contributed by atoms with Gasteiger partial charge in [-0.15, -0.1) is 0 Å². The molecule has 3 heterocycles. The number of hydrogen-bond acceptors (Lipinski definition) is 5. The van der Waals surface area contributed by atoms with E-state index < -0.39 is 0 Å². The van der Waals surface area contributed by atoms with Gasteiger partial charge in [0.2, 0.25) is 5.95 Å². The highest BCUT2D eigenvalue weighted by molar-refractivity contribution is 9.10. The first kappa shape index (κ1) is 15.8. The number of nitrogens with zero attached hydrogens (tertiary/aromatic N) is 4. The highest BCUT2D eigenvalue weighted by Gasteiger charge is 2.20. The summed E-state index contributed by atoms with van der Waals surface area (Å²) in [6, 6.07) is 3.70. The van der Waals surface area contributed by atoms with Crippen molar-refractivity contribution in [3.05, 3.63) is 39.1 Å². The fourth-order valence-electron chi connectivity index (χ4n) is 2.32. The summed E-state index contributed by atoms with van der Waals surface area (Å²) in [6.07, 6.45) is 1.56. The zero-order valence-corrected chi connectivity index (χ0v) is 15.0. The molecule has 1 N–H and O–H groups in total. The van der Waals surface area contributed by atoms with Crippen molar-refractivity contribution in [1.82, 2.24) is 19.7 Å². The van der Waals surface area contributed by atoms with Crippen molar-refractivity contribution in [2.45, 2.75) is 32.9 Å². The van der Waals surface area contributed by atoms with Gasteiger partial charge in [-0.05, 0) is 48.8 Å². The van der Waals surface area contributed by atoms with Gasteiger partial charge in [0, 0.05) is 7.05 Å². The van der Waals surface area contributed by atoms with Crippen molar-refractivity contribution in [3.63, 3.8) is 0 Å². The third-order valence-corrected chi connectivity index (χ3v) is 3.87. The molecule has 23 heavy (non-hydrogen) atoms. The highest BCUT2D eigenvalue weighted by Crippen LogP contribution is 2.21. The second-order valence-corrected chi connectivity index (χ2v) is 7.20. The number of nitrogens with one attached hydrogen (secondary N) is 1. The third kappa shape index (κ3) is 3.03. The summed E-state index contributed by atoms with van der Waals surface area (Å²) in [7, 11) is 1.85. The quantitative estimate of drug-likeness (QED) is 0.756. The zero-order valence-electron chi connectivity index (χ0n) is 13.4. The lowest BCUT2D eigenvalue weighted by molar-refractivity contribution is 0.366. The SMILES string of the molecule is CN(Cc1ccc(Br)o1)c1nc2c(cnn2C(C)(C)C)c(=O)[nH]1. The average Bonchev–Trinajstić information content (AvgIpc) is 3.04. The molecule has 0 bridgehead atoms. The summed E-state index contributed by atoms with van der Waals surface area (Å²) in [5.74, 6) is 1.24. The van der Waals surface area contributed by atoms with Crippen LogP contribution in [-0.2, 0) is 12.1 Å². The normalized spacial score (nSPS) is 12.0. The summed E-state index contributed by atoms with van der Waals surface area (Å²) in [5.41, 5.74) is 0.112. The van der Waals surface area contributed by atoms with Gasteiger partial charge in [0.25, 0.3) is 5.56 Å². The van der Waals surface area contributed by atoms with Crippen molar-refractivity contribution in [3.8, 4) is 0 Å². The Balaban J connectivity index is 2.02. The number of anilines is 1. The van der Waals surface area contributed by atoms with Crippen molar-refractivity contribution in [2.24, 2.45) is 0 Å². The van der Waals surface area contributed by atoms with Crippen LogP contribution in [0.2, 0.25) is 0 Å². The summed E-state index contributed by atoms with van der Waals surface area (Å²) < 4.78 is 7.93. The maximum atomic E-state index is 12.3. The number of fused-ring (bicyclic) bond motifs is 1. The maximum absolute atomic E-state index is 12.3. The molecule has 122 valence electrons. The Hall–Kier alpha value is -2.09. The van der Waals surface area contributed by atoms with Gasteiger partial charge < -0.3 is 9.32 Å². The van der Waals surface area contributed by atoms with E-state index in [4.69, 9.17) is 4.42 Å². The molecule has 0 aliphatic carbocycles. The van der Waals surface area contributed by atoms with Crippen molar-refractivity contribution in [2.75, 3.05) is 11.9 Å². The predicted octanol–water partition coefficient (Wildman–Crippen LogP) is 2.87. The number of hydrogen-bond donors (Lipinski definition) is 1. The van der Waals surface area contributed by atoms with Crippen LogP contribution in [0.3, 0.4) is 0 Å². The lowest BCUT2D eigenvalue weighted by Gasteiger charge is -2.21. The molecule has 0 atom stereocenters. The zero-order chi connectivity index (χ0) is 16.8. The van der Waals surface area contributed by atoms with Crippen LogP contribution in [-0.4, -0.2) is 26.8 Å². The second-order valence-electron chi connectivity index (χ2n) is 6.42. The topological polar surface area (TPSA) is 79.9 Å². The molecule has 0 saturated carbocycles. The molecule has 0 spiro atoms. The summed E-state index contributed by atoms with van der Waals surface area (Å²) in [6.45, 7) is 6.55. The molecule has 0 aliphatic rings. The number of halogens is 1. The lowest BCUT2D eigenvalue weighted by atomic mass is 10.1. The van der Waals surface area contributed by atoms with E-state index in [-0.39, 0.29) is 11.1 Å². The molecule has 0 saturated heterocycles. The van der Waals surface area contributed by atoms with Gasteiger partial charge in [-0.2, -0.15) is 10.1 Å². The van der Waals surface area contributed by atoms with Crippen LogP contribution in [0.1, 0.15) is 26.5 Å². The molecule has 0 aromatic carbocycles. The van der Waals surface area contributed by atoms with Gasteiger partial charge in [-0.25, -0.2) is 4.68 Å². The van der Waals surface area contributed by atoms with Gasteiger partial charge in [0.15, 0.2) is 10.3 Å². The average molecular weight is 380 g/mol. The molecule has 3 aromatic heterocycles. The smallest absolute Gasteiger partial charge is 0.263 e. The maximum Gasteiger partial charge on any atom is 0.263 e. The Bertz CT molecular complexity index is 903. The van der Waals surface area contributed by atoms with Crippen LogP contribution in [0, 0.1) is 0 Å². The fourth-order valence-corrected chi connectivity index (χ4v) is 2.66. The third-order valence-electron chi connectivity index (χ3n) is 3.44. The number of rotatable bonds is 3. The molecule has 0 radical (unpaired) electrons. The summed E-state index contributed by atoms with van der Waals surface area (Å²) in [5, 5.41) is 4.79. The Labute approximate surface area is 141 Å². The Morgan fingerprint density at radius 1 is 1.39 bits per heavy atom. The molecule has 7 nitrogen and oxygen atoms in total. The van der Waals surface area contributed by atoms with Gasteiger partial charge in [-0.3, -0.25) is 9.78 Å². The number of furan rings is 1. The number of aromatic amines is 1. The molecule has 3 rings (SSSR count). The van der Waals surface area contributed by atoms with E-state index in [1.807, 2.05) is 44.9 Å². The van der Waals surface area contributed by atoms with Crippen molar-refractivity contribution >= 4 is 32.9 Å². The van der Waals surface area contributed by atoms with Crippen LogP contribution >= 0.6 is 15.9 Å². The predicted molar refractivity (Wildman–Crippen MR) is 91.7 cm³/mol. The minimum Gasteiger partial charge on any atom is -0.452 e. The first-order valence-electron chi connectivity index (χ1n) is 7.19. The minimum atomic E-state index is -0.260. The highest BCUT2D eigenvalue weighted by atomic mass is 79.9. The van der Waals surface area contributed by atoms with Crippen LogP contribution in [0.15, 0.2) is 32.2 Å². The number of aromatic nitrogens is 4. The van der Waals surface area contributed by atoms with E-state index in [1.165, 1.54) is 0 Å². The summed E-state index contributed by atoms with van der Waals surface area (Å²) >= 11 is 3.28. The van der Waals surface area contributed by atoms with E-state index in [1.54, 1.807) is 10.9 Å². The molecule has 8 heteroatoms. The molecule has 0 aliphatic heterocycles. The standard InChI is InChI=1S/C15H18BrN5O2/c1-15(2,3)21-12-10(7-17-21)13(22)19-14(18-12)20(4)8-9-5-6-11(16)23-9/h5-7H,8H2,1-4H3,(H,18,19,22). The first-order chi connectivity index (χ1) is 10.8. The first-order valence-corrected chi connectivity index (χ1v) is 7.99. The van der Waals surface area contributed by atoms with E-state index in [9.17, 15) is 4.79 Å². The van der Waals surface area contributed by atoms with Gasteiger partial charge >= 0.3 is 0 Å². The van der Waals surface area contributed by atoms with Gasteiger partial charge in [0.05, 0.1) is 18.3 Å². The van der Waals surface area contributed by atoms with Crippen LogP contribution in [0.4, 0.5) is 5.95 Å². The Kier molecular flexibility index (Phi) is 3.79. The molecule has 0 amide bonds. The van der Waals surface area contributed by atoms with E-state index in [0.717, 1.165) is 5.76 Å².